The van der Waals surface area contributed by atoms with Crippen LogP contribution < -0.4 is 11.1 Å². The lowest BCUT2D eigenvalue weighted by molar-refractivity contribution is -0.118. The minimum Gasteiger partial charge on any atom is -0.329 e. The zero-order valence-electron chi connectivity index (χ0n) is 12.7. The molecule has 1 amide bonds. The molecule has 4 nitrogen and oxygen atoms in total. The number of halogens is 1. The van der Waals surface area contributed by atoms with Gasteiger partial charge in [-0.2, -0.15) is 0 Å². The van der Waals surface area contributed by atoms with Crippen LogP contribution in [0.25, 0.3) is 0 Å². The van der Waals surface area contributed by atoms with Crippen LogP contribution in [0.3, 0.4) is 0 Å². The van der Waals surface area contributed by atoms with Gasteiger partial charge in [0, 0.05) is 22.7 Å². The summed E-state index contributed by atoms with van der Waals surface area (Å²) in [6, 6.07) is 6.16. The van der Waals surface area contributed by atoms with Gasteiger partial charge >= 0.3 is 0 Å². The van der Waals surface area contributed by atoms with Crippen molar-refractivity contribution in [2.75, 3.05) is 25.0 Å². The number of likely N-dealkylation sites (tertiary alicyclic amines) is 1. The second kappa shape index (κ2) is 7.38. The number of amides is 1. The van der Waals surface area contributed by atoms with Crippen LogP contribution in [-0.4, -0.2) is 36.5 Å². The molecule has 21 heavy (non-hydrogen) atoms. The predicted molar refractivity (Wildman–Crippen MR) is 90.3 cm³/mol. The van der Waals surface area contributed by atoms with Crippen LogP contribution in [0.1, 0.15) is 25.3 Å². The Hall–Kier alpha value is -0.910. The van der Waals surface area contributed by atoms with E-state index >= 15 is 0 Å². The van der Waals surface area contributed by atoms with Crippen molar-refractivity contribution in [1.82, 2.24) is 4.90 Å². The van der Waals surface area contributed by atoms with Gasteiger partial charge in [0.05, 0.1) is 6.54 Å². The normalized spacial score (nSPS) is 23.0. The van der Waals surface area contributed by atoms with Crippen LogP contribution in [0.15, 0.2) is 22.7 Å². The van der Waals surface area contributed by atoms with Gasteiger partial charge in [-0.05, 0) is 56.0 Å². The maximum atomic E-state index is 12.2. The first-order chi connectivity index (χ1) is 10.0. The number of rotatable bonds is 4. The molecule has 2 unspecified atom stereocenters. The van der Waals surface area contributed by atoms with Crippen LogP contribution in [-0.2, 0) is 4.79 Å². The van der Waals surface area contributed by atoms with Crippen molar-refractivity contribution in [3.05, 3.63) is 28.2 Å². The summed E-state index contributed by atoms with van der Waals surface area (Å²) in [7, 11) is 0. The Balaban J connectivity index is 1.95. The molecule has 0 aromatic heterocycles. The van der Waals surface area contributed by atoms with Crippen molar-refractivity contribution in [1.29, 1.82) is 0 Å². The van der Waals surface area contributed by atoms with Crippen LogP contribution in [0.2, 0.25) is 0 Å². The molecule has 1 aliphatic heterocycles. The van der Waals surface area contributed by atoms with Gasteiger partial charge in [0.2, 0.25) is 5.91 Å². The van der Waals surface area contributed by atoms with E-state index in [1.807, 2.05) is 25.1 Å². The first-order valence-electron chi connectivity index (χ1n) is 7.51. The van der Waals surface area contributed by atoms with E-state index in [2.05, 4.69) is 33.1 Å². The highest BCUT2D eigenvalue weighted by Gasteiger charge is 2.28. The molecule has 0 spiro atoms. The van der Waals surface area contributed by atoms with E-state index in [1.165, 1.54) is 6.42 Å². The monoisotopic (exact) mass is 353 g/mol. The molecular formula is C16H24BrN3O. The first-order valence-corrected chi connectivity index (χ1v) is 8.30. The summed E-state index contributed by atoms with van der Waals surface area (Å²) in [5, 5.41) is 2.97. The minimum absolute atomic E-state index is 0.0317. The second-order valence-corrected chi connectivity index (χ2v) is 6.76. The summed E-state index contributed by atoms with van der Waals surface area (Å²) in [5.74, 6) is 0.593. The number of carbonyl (C=O) groups excluding carboxylic acids is 1. The molecule has 0 saturated carbocycles. The standard InChI is InChI=1S/C16H24BrN3O/c1-11-4-3-7-20(15(11)9-18)10-16(21)19-13-5-6-14(17)12(2)8-13/h5-6,8,11,15H,3-4,7,9-10,18H2,1-2H3,(H,19,21). The molecule has 1 heterocycles. The van der Waals surface area contributed by atoms with Crippen molar-refractivity contribution in [2.24, 2.45) is 11.7 Å². The third-order valence-electron chi connectivity index (χ3n) is 4.26. The maximum Gasteiger partial charge on any atom is 0.238 e. The number of hydrogen-bond donors (Lipinski definition) is 2. The second-order valence-electron chi connectivity index (χ2n) is 5.91. The molecule has 1 aromatic rings. The molecular weight excluding hydrogens is 330 g/mol. The molecule has 2 rings (SSSR count). The number of nitrogens with two attached hydrogens (primary N) is 1. The highest BCUT2D eigenvalue weighted by molar-refractivity contribution is 9.10. The molecule has 0 radical (unpaired) electrons. The predicted octanol–water partition coefficient (Wildman–Crippen LogP) is 2.76. The van der Waals surface area contributed by atoms with Crippen molar-refractivity contribution in [3.63, 3.8) is 0 Å². The van der Waals surface area contributed by atoms with Crippen molar-refractivity contribution >= 4 is 27.5 Å². The van der Waals surface area contributed by atoms with Crippen LogP contribution >= 0.6 is 15.9 Å². The van der Waals surface area contributed by atoms with Gasteiger partial charge in [-0.15, -0.1) is 0 Å². The Labute approximate surface area is 135 Å². The van der Waals surface area contributed by atoms with E-state index in [1.54, 1.807) is 0 Å². The van der Waals surface area contributed by atoms with Crippen LogP contribution in [0.5, 0.6) is 0 Å². The Morgan fingerprint density at radius 2 is 2.29 bits per heavy atom. The molecule has 0 bridgehead atoms. The van der Waals surface area contributed by atoms with E-state index in [9.17, 15) is 4.79 Å². The third kappa shape index (κ3) is 4.28. The highest BCUT2D eigenvalue weighted by Crippen LogP contribution is 2.23. The number of nitrogens with one attached hydrogen (secondary N) is 1. The SMILES string of the molecule is Cc1cc(NC(=O)CN2CCCC(C)C2CN)ccc1Br. The lowest BCUT2D eigenvalue weighted by Gasteiger charge is -2.38. The average molecular weight is 354 g/mol. The summed E-state index contributed by atoms with van der Waals surface area (Å²) in [6.07, 6.45) is 2.34. The molecule has 3 N–H and O–H groups in total. The van der Waals surface area contributed by atoms with Crippen molar-refractivity contribution < 1.29 is 4.79 Å². The number of carbonyl (C=O) groups is 1. The number of anilines is 1. The number of piperidine rings is 1. The smallest absolute Gasteiger partial charge is 0.238 e. The Morgan fingerprint density at radius 1 is 1.52 bits per heavy atom. The molecule has 1 saturated heterocycles. The first kappa shape index (κ1) is 16.5. The highest BCUT2D eigenvalue weighted by atomic mass is 79.9. The molecule has 1 aliphatic rings. The fourth-order valence-electron chi connectivity index (χ4n) is 3.02. The van der Waals surface area contributed by atoms with Crippen LogP contribution in [0, 0.1) is 12.8 Å². The molecule has 5 heteroatoms. The van der Waals surface area contributed by atoms with E-state index < -0.39 is 0 Å². The molecule has 1 aromatic carbocycles. The van der Waals surface area contributed by atoms with Crippen molar-refractivity contribution in [2.45, 2.75) is 32.7 Å². The zero-order chi connectivity index (χ0) is 15.4. The zero-order valence-corrected chi connectivity index (χ0v) is 14.3. The summed E-state index contributed by atoms with van der Waals surface area (Å²) in [4.78, 5) is 14.5. The Bertz CT molecular complexity index is 506. The topological polar surface area (TPSA) is 58.4 Å². The van der Waals surface area contributed by atoms with Gasteiger partial charge in [-0.3, -0.25) is 9.69 Å². The number of benzene rings is 1. The summed E-state index contributed by atoms with van der Waals surface area (Å²) in [6.45, 7) is 6.22. The quantitative estimate of drug-likeness (QED) is 0.874. The van der Waals surface area contributed by atoms with Gasteiger partial charge in [0.15, 0.2) is 0 Å². The molecule has 2 atom stereocenters. The Morgan fingerprint density at radius 3 is 2.95 bits per heavy atom. The van der Waals surface area contributed by atoms with Gasteiger partial charge in [0.25, 0.3) is 0 Å². The van der Waals surface area contributed by atoms with E-state index in [4.69, 9.17) is 5.73 Å². The fraction of sp³-hybridized carbons (Fsp3) is 0.562. The van der Waals surface area contributed by atoms with E-state index in [0.29, 0.717) is 25.0 Å². The number of hydrogen-bond acceptors (Lipinski definition) is 3. The lowest BCUT2D eigenvalue weighted by atomic mass is 9.91. The fourth-order valence-corrected chi connectivity index (χ4v) is 3.27. The van der Waals surface area contributed by atoms with E-state index in [0.717, 1.165) is 28.7 Å². The average Bonchev–Trinajstić information content (AvgIpc) is 2.43. The molecule has 116 valence electrons. The number of aryl methyl sites for hydroxylation is 1. The molecule has 0 aliphatic carbocycles. The van der Waals surface area contributed by atoms with Gasteiger partial charge in [0.1, 0.15) is 0 Å². The summed E-state index contributed by atoms with van der Waals surface area (Å²) in [5.41, 5.74) is 7.82. The maximum absolute atomic E-state index is 12.2. The van der Waals surface area contributed by atoms with Gasteiger partial charge < -0.3 is 11.1 Å². The third-order valence-corrected chi connectivity index (χ3v) is 5.15. The lowest BCUT2D eigenvalue weighted by Crippen LogP contribution is -2.51. The molecule has 1 fully saturated rings. The van der Waals surface area contributed by atoms with Crippen LogP contribution in [0.4, 0.5) is 5.69 Å². The van der Waals surface area contributed by atoms with Gasteiger partial charge in [-0.25, -0.2) is 0 Å². The van der Waals surface area contributed by atoms with Gasteiger partial charge in [-0.1, -0.05) is 22.9 Å². The summed E-state index contributed by atoms with van der Waals surface area (Å²) >= 11 is 3.46. The number of nitrogens with zero attached hydrogens (tertiary/aromatic N) is 1. The largest absolute Gasteiger partial charge is 0.329 e. The van der Waals surface area contributed by atoms with E-state index in [-0.39, 0.29) is 5.91 Å². The Kier molecular flexibility index (Phi) is 5.79. The summed E-state index contributed by atoms with van der Waals surface area (Å²) < 4.78 is 1.05. The van der Waals surface area contributed by atoms with Crippen molar-refractivity contribution in [3.8, 4) is 0 Å². The minimum atomic E-state index is 0.0317.